The smallest absolute Gasteiger partial charge is 0.285 e. The Morgan fingerprint density at radius 3 is 2.45 bits per heavy atom. The Morgan fingerprint density at radius 1 is 1.40 bits per heavy atom. The van der Waals surface area contributed by atoms with Crippen molar-refractivity contribution in [3.8, 4) is 0 Å². The number of nitro groups is 1. The maximum atomic E-state index is 13.1. The van der Waals surface area contributed by atoms with Crippen LogP contribution >= 0.6 is 11.8 Å². The average Bonchev–Trinajstić information content (AvgIpc) is 2.38. The van der Waals surface area contributed by atoms with Gasteiger partial charge in [0, 0.05) is 11.3 Å². The van der Waals surface area contributed by atoms with E-state index in [0.717, 1.165) is 0 Å². The number of halogens is 2. The highest BCUT2D eigenvalue weighted by Crippen LogP contribution is 2.23. The molecule has 0 aliphatic carbocycles. The van der Waals surface area contributed by atoms with Crippen LogP contribution in [-0.2, 0) is 0 Å². The lowest BCUT2D eigenvalue weighted by Gasteiger charge is -2.22. The summed E-state index contributed by atoms with van der Waals surface area (Å²) in [5, 5.41) is 13.3. The highest BCUT2D eigenvalue weighted by Gasteiger charge is 2.25. The van der Waals surface area contributed by atoms with Gasteiger partial charge < -0.3 is 5.32 Å². The standard InChI is InChI=1S/C12H14F2N2O3S/c1-12(2,20-3)6-15-11(17)7-4-8(13)9(14)5-10(7)16(18)19/h4-5H,6H2,1-3H3,(H,15,17). The molecule has 0 saturated heterocycles. The number of hydrogen-bond acceptors (Lipinski definition) is 4. The van der Waals surface area contributed by atoms with Crippen molar-refractivity contribution in [2.45, 2.75) is 18.6 Å². The molecule has 1 amide bonds. The first-order valence-electron chi connectivity index (χ1n) is 5.65. The normalized spacial score (nSPS) is 11.2. The fraction of sp³-hybridized carbons (Fsp3) is 0.417. The predicted molar refractivity (Wildman–Crippen MR) is 72.9 cm³/mol. The Morgan fingerprint density at radius 2 is 1.95 bits per heavy atom. The van der Waals surface area contributed by atoms with Gasteiger partial charge in [-0.3, -0.25) is 14.9 Å². The highest BCUT2D eigenvalue weighted by atomic mass is 32.2. The van der Waals surface area contributed by atoms with E-state index in [1.54, 1.807) is 0 Å². The number of carbonyl (C=O) groups excluding carboxylic acids is 1. The molecule has 0 spiro atoms. The Hall–Kier alpha value is -1.70. The molecule has 0 bridgehead atoms. The molecular formula is C12H14F2N2O3S. The van der Waals surface area contributed by atoms with Crippen LogP contribution in [0, 0.1) is 21.7 Å². The minimum atomic E-state index is -1.36. The second-order valence-corrected chi connectivity index (χ2v) is 6.20. The molecule has 1 rings (SSSR count). The zero-order chi connectivity index (χ0) is 15.5. The SMILES string of the molecule is CSC(C)(C)CNC(=O)c1cc(F)c(F)cc1[N+](=O)[O-]. The van der Waals surface area contributed by atoms with Crippen molar-refractivity contribution in [3.63, 3.8) is 0 Å². The van der Waals surface area contributed by atoms with Gasteiger partial charge in [0.05, 0.1) is 11.0 Å². The number of benzene rings is 1. The molecule has 1 N–H and O–H groups in total. The van der Waals surface area contributed by atoms with Gasteiger partial charge in [-0.2, -0.15) is 11.8 Å². The molecule has 0 fully saturated rings. The highest BCUT2D eigenvalue weighted by molar-refractivity contribution is 7.99. The molecule has 20 heavy (non-hydrogen) atoms. The van der Waals surface area contributed by atoms with E-state index in [4.69, 9.17) is 0 Å². The molecule has 0 aliphatic rings. The van der Waals surface area contributed by atoms with Crippen LogP contribution in [0.15, 0.2) is 12.1 Å². The zero-order valence-corrected chi connectivity index (χ0v) is 12.0. The number of nitrogens with one attached hydrogen (secondary N) is 1. The van der Waals surface area contributed by atoms with Gasteiger partial charge in [-0.1, -0.05) is 0 Å². The van der Waals surface area contributed by atoms with Crippen LogP contribution < -0.4 is 5.32 Å². The van der Waals surface area contributed by atoms with E-state index in [-0.39, 0.29) is 11.3 Å². The van der Waals surface area contributed by atoms with Crippen molar-refractivity contribution in [3.05, 3.63) is 39.4 Å². The summed E-state index contributed by atoms with van der Waals surface area (Å²) in [6.45, 7) is 3.98. The van der Waals surface area contributed by atoms with Crippen LogP contribution in [0.2, 0.25) is 0 Å². The molecule has 0 atom stereocenters. The van der Waals surface area contributed by atoms with E-state index in [1.807, 2.05) is 20.1 Å². The molecule has 8 heteroatoms. The molecule has 1 aromatic rings. The summed E-state index contributed by atoms with van der Waals surface area (Å²) < 4.78 is 25.9. The van der Waals surface area contributed by atoms with Crippen LogP contribution in [-0.4, -0.2) is 28.4 Å². The molecule has 1 aromatic carbocycles. The first-order valence-corrected chi connectivity index (χ1v) is 6.87. The van der Waals surface area contributed by atoms with Gasteiger partial charge in [0.25, 0.3) is 11.6 Å². The predicted octanol–water partition coefficient (Wildman–Crippen LogP) is 2.74. The molecule has 0 unspecified atom stereocenters. The van der Waals surface area contributed by atoms with Crippen LogP contribution in [0.4, 0.5) is 14.5 Å². The van der Waals surface area contributed by atoms with Gasteiger partial charge in [-0.05, 0) is 26.2 Å². The van der Waals surface area contributed by atoms with Crippen molar-refractivity contribution >= 4 is 23.4 Å². The monoisotopic (exact) mass is 304 g/mol. The van der Waals surface area contributed by atoms with E-state index in [1.165, 1.54) is 11.8 Å². The summed E-state index contributed by atoms with van der Waals surface area (Å²) >= 11 is 1.50. The van der Waals surface area contributed by atoms with Crippen molar-refractivity contribution in [2.24, 2.45) is 0 Å². The Balaban J connectivity index is 3.04. The van der Waals surface area contributed by atoms with Crippen molar-refractivity contribution in [1.82, 2.24) is 5.32 Å². The number of carbonyl (C=O) groups is 1. The van der Waals surface area contributed by atoms with Crippen LogP contribution in [0.5, 0.6) is 0 Å². The quantitative estimate of drug-likeness (QED) is 0.670. The van der Waals surface area contributed by atoms with E-state index < -0.39 is 33.7 Å². The van der Waals surface area contributed by atoms with Gasteiger partial charge in [-0.15, -0.1) is 0 Å². The van der Waals surface area contributed by atoms with E-state index in [9.17, 15) is 23.7 Å². The average molecular weight is 304 g/mol. The topological polar surface area (TPSA) is 72.2 Å². The number of amides is 1. The molecule has 0 radical (unpaired) electrons. The Labute approximate surface area is 118 Å². The first-order chi connectivity index (χ1) is 9.18. The second-order valence-electron chi connectivity index (χ2n) is 4.69. The van der Waals surface area contributed by atoms with Gasteiger partial charge >= 0.3 is 0 Å². The molecule has 110 valence electrons. The van der Waals surface area contributed by atoms with Gasteiger partial charge in [0.1, 0.15) is 5.56 Å². The number of nitro benzene ring substituents is 1. The minimum absolute atomic E-state index is 0.239. The summed E-state index contributed by atoms with van der Waals surface area (Å²) in [6.07, 6.45) is 1.85. The van der Waals surface area contributed by atoms with E-state index >= 15 is 0 Å². The summed E-state index contributed by atoms with van der Waals surface area (Å²) in [6, 6.07) is 0.943. The summed E-state index contributed by atoms with van der Waals surface area (Å²) in [7, 11) is 0. The first kappa shape index (κ1) is 16.4. The lowest BCUT2D eigenvalue weighted by molar-refractivity contribution is -0.385. The zero-order valence-electron chi connectivity index (χ0n) is 11.2. The van der Waals surface area contributed by atoms with Gasteiger partial charge in [-0.25, -0.2) is 8.78 Å². The van der Waals surface area contributed by atoms with Gasteiger partial charge in [0.2, 0.25) is 0 Å². The third kappa shape index (κ3) is 3.89. The molecule has 0 saturated carbocycles. The number of hydrogen-bond donors (Lipinski definition) is 1. The summed E-state index contributed by atoms with van der Waals surface area (Å²) in [5.41, 5.74) is -1.26. The van der Waals surface area contributed by atoms with Crippen LogP contribution in [0.3, 0.4) is 0 Å². The molecule has 5 nitrogen and oxygen atoms in total. The Kier molecular flexibility index (Phi) is 5.04. The third-order valence-corrected chi connectivity index (χ3v) is 3.96. The van der Waals surface area contributed by atoms with Crippen molar-refractivity contribution < 1.29 is 18.5 Å². The van der Waals surface area contributed by atoms with Gasteiger partial charge in [0.15, 0.2) is 11.6 Å². The van der Waals surface area contributed by atoms with Crippen molar-refractivity contribution in [2.75, 3.05) is 12.8 Å². The maximum Gasteiger partial charge on any atom is 0.285 e. The lowest BCUT2D eigenvalue weighted by Crippen LogP contribution is -2.36. The second kappa shape index (κ2) is 6.17. The lowest BCUT2D eigenvalue weighted by atomic mass is 10.1. The summed E-state index contributed by atoms with van der Waals surface area (Å²) in [5.74, 6) is -3.47. The molecule has 0 aromatic heterocycles. The largest absolute Gasteiger partial charge is 0.350 e. The third-order valence-electron chi connectivity index (χ3n) is 2.71. The molecular weight excluding hydrogens is 290 g/mol. The minimum Gasteiger partial charge on any atom is -0.350 e. The molecule has 0 heterocycles. The summed E-state index contributed by atoms with van der Waals surface area (Å²) in [4.78, 5) is 21.7. The number of rotatable bonds is 5. The van der Waals surface area contributed by atoms with E-state index in [2.05, 4.69) is 5.32 Å². The van der Waals surface area contributed by atoms with Crippen LogP contribution in [0.1, 0.15) is 24.2 Å². The number of nitrogens with zero attached hydrogens (tertiary/aromatic N) is 1. The maximum absolute atomic E-state index is 13.1. The fourth-order valence-corrected chi connectivity index (χ4v) is 1.55. The van der Waals surface area contributed by atoms with Crippen molar-refractivity contribution in [1.29, 1.82) is 0 Å². The molecule has 0 aliphatic heterocycles. The van der Waals surface area contributed by atoms with E-state index in [0.29, 0.717) is 12.1 Å². The number of thioether (sulfide) groups is 1. The fourth-order valence-electron chi connectivity index (χ4n) is 1.33. The van der Waals surface area contributed by atoms with Crippen LogP contribution in [0.25, 0.3) is 0 Å². The Bertz CT molecular complexity index is 550.